The van der Waals surface area contributed by atoms with Crippen molar-refractivity contribution in [2.75, 3.05) is 19.6 Å². The summed E-state index contributed by atoms with van der Waals surface area (Å²) >= 11 is 0. The summed E-state index contributed by atoms with van der Waals surface area (Å²) < 4.78 is 14.0. The second kappa shape index (κ2) is 6.09. The Hall–Kier alpha value is -0.0400. The van der Waals surface area contributed by atoms with Crippen LogP contribution in [0.3, 0.4) is 0 Å². The van der Waals surface area contributed by atoms with Crippen molar-refractivity contribution in [3.8, 4) is 0 Å². The molecule has 0 saturated carbocycles. The summed E-state index contributed by atoms with van der Waals surface area (Å²) in [7, 11) is 0. The minimum atomic E-state index is 0.525. The molecule has 0 aromatic rings. The van der Waals surface area contributed by atoms with Gasteiger partial charge in [-0.05, 0) is 32.5 Å². The Kier molecular flexibility index (Phi) is 3.87. The summed E-state index contributed by atoms with van der Waals surface area (Å²) in [6.07, 6.45) is 1.93. The van der Waals surface area contributed by atoms with Crippen molar-refractivity contribution in [2.45, 2.75) is 33.6 Å². The molecule has 0 atom stereocenters. The molecule has 1 nitrogen and oxygen atoms in total. The van der Waals surface area contributed by atoms with Crippen LogP contribution in [0.25, 0.3) is 0 Å². The Morgan fingerprint density at radius 3 is 2.11 bits per heavy atom. The Labute approximate surface area is 61.9 Å². The van der Waals surface area contributed by atoms with E-state index in [9.17, 15) is 0 Å². The molecular weight excluding hydrogens is 110 g/mol. The lowest BCUT2D eigenvalue weighted by atomic mass is 10.3. The Morgan fingerprint density at radius 2 is 1.78 bits per heavy atom. The first-order valence-electron chi connectivity index (χ1n) is 5.07. The van der Waals surface area contributed by atoms with Crippen molar-refractivity contribution < 1.29 is 2.74 Å². The van der Waals surface area contributed by atoms with Gasteiger partial charge in [-0.15, -0.1) is 0 Å². The first kappa shape index (κ1) is 5.72. The molecule has 0 unspecified atom stereocenters. The lowest BCUT2D eigenvalue weighted by molar-refractivity contribution is 0.289. The van der Waals surface area contributed by atoms with E-state index < -0.39 is 0 Å². The average molecular weight is 133 g/mol. The molecule has 0 aliphatic rings. The fourth-order valence-corrected chi connectivity index (χ4v) is 0.875. The summed E-state index contributed by atoms with van der Waals surface area (Å²) in [4.78, 5) is 2.31. The molecule has 9 heavy (non-hydrogen) atoms. The lowest BCUT2D eigenvalue weighted by Crippen LogP contribution is -2.24. The highest BCUT2D eigenvalue weighted by molar-refractivity contribution is 4.50. The number of nitrogens with zero attached hydrogens (tertiary/aromatic N) is 1. The van der Waals surface area contributed by atoms with Crippen LogP contribution in [0.4, 0.5) is 0 Å². The number of hydrogen-bond acceptors (Lipinski definition) is 1. The molecule has 0 N–H and O–H groups in total. The quantitative estimate of drug-likeness (QED) is 0.555. The number of hydrogen-bond donors (Lipinski definition) is 0. The molecule has 0 saturated heterocycles. The van der Waals surface area contributed by atoms with Crippen LogP contribution >= 0.6 is 0 Å². The molecule has 0 radical (unpaired) electrons. The van der Waals surface area contributed by atoms with Crippen LogP contribution in [-0.2, 0) is 0 Å². The van der Waals surface area contributed by atoms with Crippen LogP contribution in [0.5, 0.6) is 0 Å². The molecular formula is C8H19N. The Morgan fingerprint density at radius 1 is 1.22 bits per heavy atom. The van der Waals surface area contributed by atoms with Crippen molar-refractivity contribution in [1.29, 1.82) is 0 Å². The fraction of sp³-hybridized carbons (Fsp3) is 1.00. The molecule has 1 heteroatoms. The van der Waals surface area contributed by atoms with E-state index in [-0.39, 0.29) is 0 Å². The monoisotopic (exact) mass is 133 g/mol. The van der Waals surface area contributed by atoms with Crippen LogP contribution < -0.4 is 0 Å². The van der Waals surface area contributed by atoms with Crippen molar-refractivity contribution in [2.24, 2.45) is 0 Å². The molecule has 0 spiro atoms. The van der Waals surface area contributed by atoms with Gasteiger partial charge in [0, 0.05) is 2.74 Å². The van der Waals surface area contributed by atoms with Gasteiger partial charge in [0.2, 0.25) is 0 Å². The van der Waals surface area contributed by atoms with E-state index in [4.69, 9.17) is 2.74 Å². The molecule has 0 fully saturated rings. The zero-order valence-electron chi connectivity index (χ0n) is 8.40. The van der Waals surface area contributed by atoms with Crippen LogP contribution in [-0.4, -0.2) is 24.5 Å². The first-order chi connectivity index (χ1) is 5.35. The maximum atomic E-state index is 6.98. The van der Waals surface area contributed by atoms with Crippen LogP contribution in [0, 0.1) is 0 Å². The fourth-order valence-electron chi connectivity index (χ4n) is 0.875. The van der Waals surface area contributed by atoms with Gasteiger partial charge < -0.3 is 4.90 Å². The summed E-state index contributed by atoms with van der Waals surface area (Å²) in [5.41, 5.74) is 0. The van der Waals surface area contributed by atoms with Gasteiger partial charge in [-0.25, -0.2) is 0 Å². The van der Waals surface area contributed by atoms with Gasteiger partial charge in [0.25, 0.3) is 0 Å². The predicted molar refractivity (Wildman–Crippen MR) is 42.7 cm³/mol. The van der Waals surface area contributed by atoms with Gasteiger partial charge in [-0.3, -0.25) is 0 Å². The highest BCUT2D eigenvalue weighted by Crippen LogP contribution is 1.91. The summed E-state index contributed by atoms with van der Waals surface area (Å²) in [5, 5.41) is 0. The number of rotatable bonds is 5. The highest BCUT2D eigenvalue weighted by atomic mass is 15.1. The van der Waals surface area contributed by atoms with Crippen molar-refractivity contribution in [3.05, 3.63) is 0 Å². The van der Waals surface area contributed by atoms with Gasteiger partial charge >= 0.3 is 0 Å². The van der Waals surface area contributed by atoms with Crippen LogP contribution in [0.2, 0.25) is 0 Å². The maximum absolute atomic E-state index is 6.98. The van der Waals surface area contributed by atoms with Gasteiger partial charge in [0.1, 0.15) is 0 Å². The zero-order valence-corrected chi connectivity index (χ0v) is 6.40. The van der Waals surface area contributed by atoms with Crippen LogP contribution in [0.15, 0.2) is 0 Å². The molecule has 56 valence electrons. The third kappa shape index (κ3) is 4.46. The molecule has 0 aromatic carbocycles. The molecule has 0 aliphatic carbocycles. The summed E-state index contributed by atoms with van der Waals surface area (Å²) in [6.45, 7) is 6.29. The smallest absolute Gasteiger partial charge is 0.0231 e. The molecule has 0 bridgehead atoms. The van der Waals surface area contributed by atoms with E-state index in [1.807, 2.05) is 0 Å². The molecule has 0 amide bonds. The second-order valence-electron chi connectivity index (χ2n) is 2.14. The predicted octanol–water partition coefficient (Wildman–Crippen LogP) is 2.13. The minimum absolute atomic E-state index is 0.525. The van der Waals surface area contributed by atoms with Crippen molar-refractivity contribution in [3.63, 3.8) is 0 Å². The third-order valence-corrected chi connectivity index (χ3v) is 1.40. The summed E-state index contributed by atoms with van der Waals surface area (Å²) in [6, 6.07) is 0. The standard InChI is InChI=1S/C8H19N/c1-4-7-9(6-3)8-5-2/h4-8H2,1-3H3/i1T,2T. The van der Waals surface area contributed by atoms with E-state index in [0.29, 0.717) is 13.8 Å². The Balaban J connectivity index is 3.25. The van der Waals surface area contributed by atoms with Gasteiger partial charge in [0.15, 0.2) is 0 Å². The van der Waals surface area contributed by atoms with Gasteiger partial charge in [-0.2, -0.15) is 0 Å². The SMILES string of the molecule is [3H]CCCN(CC)CCC[3H]. The van der Waals surface area contributed by atoms with Crippen molar-refractivity contribution >= 4 is 0 Å². The van der Waals surface area contributed by atoms with E-state index in [1.54, 1.807) is 0 Å². The van der Waals surface area contributed by atoms with E-state index in [0.717, 1.165) is 32.5 Å². The molecule has 0 aliphatic heterocycles. The molecule has 0 aromatic heterocycles. The normalized spacial score (nSPS) is 13.6. The second-order valence-corrected chi connectivity index (χ2v) is 2.14. The van der Waals surface area contributed by atoms with Crippen LogP contribution in [0.1, 0.15) is 36.3 Å². The Bertz CT molecular complexity index is 70.5. The van der Waals surface area contributed by atoms with Gasteiger partial charge in [0.05, 0.1) is 0 Å². The van der Waals surface area contributed by atoms with E-state index >= 15 is 0 Å². The average Bonchev–Trinajstić information content (AvgIpc) is 2.05. The minimum Gasteiger partial charge on any atom is -0.304 e. The van der Waals surface area contributed by atoms with Gasteiger partial charge in [-0.1, -0.05) is 20.7 Å². The largest absolute Gasteiger partial charge is 0.304 e. The lowest BCUT2D eigenvalue weighted by Gasteiger charge is -2.17. The maximum Gasteiger partial charge on any atom is 0.0231 e. The summed E-state index contributed by atoms with van der Waals surface area (Å²) in [5.74, 6) is 0. The topological polar surface area (TPSA) is 3.24 Å². The zero-order chi connectivity index (χ0) is 8.53. The van der Waals surface area contributed by atoms with E-state index in [2.05, 4.69) is 11.8 Å². The van der Waals surface area contributed by atoms with E-state index in [1.165, 1.54) is 0 Å². The molecule has 0 heterocycles. The van der Waals surface area contributed by atoms with Crippen molar-refractivity contribution in [1.82, 2.24) is 4.90 Å². The third-order valence-electron chi connectivity index (χ3n) is 1.40. The highest BCUT2D eigenvalue weighted by Gasteiger charge is 1.95. The molecule has 0 rings (SSSR count). The first-order valence-corrected chi connectivity index (χ1v) is 3.66.